The van der Waals surface area contributed by atoms with Crippen molar-refractivity contribution in [1.29, 1.82) is 0 Å². The second-order valence-electron chi connectivity index (χ2n) is 7.85. The molecular weight excluding hydrogens is 354 g/mol. The van der Waals surface area contributed by atoms with Gasteiger partial charge < -0.3 is 9.47 Å². The predicted molar refractivity (Wildman–Crippen MR) is 111 cm³/mol. The molecule has 1 aromatic carbocycles. The van der Waals surface area contributed by atoms with Crippen LogP contribution in [0.5, 0.6) is 0 Å². The molecular formula is C21H27N5O2. The van der Waals surface area contributed by atoms with Gasteiger partial charge in [0.05, 0.1) is 0 Å². The molecule has 7 heteroatoms. The van der Waals surface area contributed by atoms with E-state index in [0.717, 1.165) is 43.1 Å². The number of fused-ring (bicyclic) bond motifs is 3. The molecule has 3 aromatic rings. The van der Waals surface area contributed by atoms with Gasteiger partial charge in [-0.25, -0.2) is 4.79 Å². The summed E-state index contributed by atoms with van der Waals surface area (Å²) >= 11 is 0. The average Bonchev–Trinajstić information content (AvgIpc) is 3.06. The van der Waals surface area contributed by atoms with Gasteiger partial charge in [-0.15, -0.1) is 0 Å². The van der Waals surface area contributed by atoms with Gasteiger partial charge in [-0.3, -0.25) is 13.9 Å². The van der Waals surface area contributed by atoms with Crippen molar-refractivity contribution in [2.75, 3.05) is 11.4 Å². The number of hydrogen-bond donors (Lipinski definition) is 0. The number of aromatic nitrogens is 4. The van der Waals surface area contributed by atoms with Crippen LogP contribution in [-0.2, 0) is 20.1 Å². The summed E-state index contributed by atoms with van der Waals surface area (Å²) in [6, 6.07) is 8.19. The number of hydrogen-bond acceptors (Lipinski definition) is 4. The Bertz CT molecular complexity index is 1150. The number of aryl methyl sites for hydroxylation is 2. The second kappa shape index (κ2) is 6.96. The fourth-order valence-corrected chi connectivity index (χ4v) is 4.09. The normalized spacial score (nSPS) is 16.6. The fraction of sp³-hybridized carbons (Fsp3) is 0.476. The van der Waals surface area contributed by atoms with Crippen LogP contribution in [0.15, 0.2) is 33.9 Å². The zero-order valence-electron chi connectivity index (χ0n) is 17.0. The molecule has 7 nitrogen and oxygen atoms in total. The number of anilines is 2. The first-order valence-electron chi connectivity index (χ1n) is 9.97. The molecule has 0 spiro atoms. The van der Waals surface area contributed by atoms with Gasteiger partial charge in [0.2, 0.25) is 5.95 Å². The first kappa shape index (κ1) is 18.5. The molecule has 148 valence electrons. The van der Waals surface area contributed by atoms with Crippen molar-refractivity contribution in [3.8, 4) is 0 Å². The Morgan fingerprint density at radius 1 is 1.18 bits per heavy atom. The molecule has 0 fully saturated rings. The Kier molecular flexibility index (Phi) is 4.61. The van der Waals surface area contributed by atoms with E-state index >= 15 is 0 Å². The molecule has 0 N–H and O–H groups in total. The van der Waals surface area contributed by atoms with E-state index in [0.29, 0.717) is 23.6 Å². The summed E-state index contributed by atoms with van der Waals surface area (Å²) in [7, 11) is 1.70. The van der Waals surface area contributed by atoms with E-state index in [1.807, 2.05) is 16.7 Å². The summed E-state index contributed by atoms with van der Waals surface area (Å²) in [5.74, 6) is 1.09. The van der Waals surface area contributed by atoms with Gasteiger partial charge in [0, 0.05) is 32.4 Å². The lowest BCUT2D eigenvalue weighted by atomic mass is 10.1. The maximum absolute atomic E-state index is 13.2. The molecule has 0 amide bonds. The summed E-state index contributed by atoms with van der Waals surface area (Å²) in [5.41, 5.74) is 2.70. The van der Waals surface area contributed by atoms with E-state index in [1.54, 1.807) is 7.05 Å². The summed E-state index contributed by atoms with van der Waals surface area (Å²) in [5, 5.41) is 0. The Morgan fingerprint density at radius 3 is 2.64 bits per heavy atom. The molecule has 4 rings (SSSR count). The van der Waals surface area contributed by atoms with Gasteiger partial charge in [-0.2, -0.15) is 4.98 Å². The van der Waals surface area contributed by atoms with Crippen molar-refractivity contribution >= 4 is 22.8 Å². The lowest BCUT2D eigenvalue weighted by molar-refractivity contribution is 0.457. The van der Waals surface area contributed by atoms with Gasteiger partial charge in [0.15, 0.2) is 11.2 Å². The molecule has 0 aliphatic carbocycles. The third-order valence-corrected chi connectivity index (χ3v) is 5.58. The highest BCUT2D eigenvalue weighted by Gasteiger charge is 2.30. The molecule has 0 saturated heterocycles. The van der Waals surface area contributed by atoms with Crippen molar-refractivity contribution in [2.45, 2.75) is 46.7 Å². The van der Waals surface area contributed by atoms with E-state index in [4.69, 9.17) is 4.98 Å². The quantitative estimate of drug-likeness (QED) is 0.697. The minimum atomic E-state index is -0.295. The average molecular weight is 381 g/mol. The minimum absolute atomic E-state index is 0.232. The number of benzene rings is 1. The number of para-hydroxylation sites is 1. The molecule has 1 atom stereocenters. The number of imidazole rings is 1. The highest BCUT2D eigenvalue weighted by atomic mass is 16.2. The highest BCUT2D eigenvalue weighted by molar-refractivity contribution is 5.77. The third kappa shape index (κ3) is 2.77. The fourth-order valence-electron chi connectivity index (χ4n) is 4.09. The van der Waals surface area contributed by atoms with Crippen LogP contribution in [0.2, 0.25) is 0 Å². The van der Waals surface area contributed by atoms with Gasteiger partial charge in [-0.05, 0) is 30.9 Å². The van der Waals surface area contributed by atoms with Crippen LogP contribution in [0, 0.1) is 12.8 Å². The van der Waals surface area contributed by atoms with Crippen molar-refractivity contribution in [3.63, 3.8) is 0 Å². The molecule has 28 heavy (non-hydrogen) atoms. The van der Waals surface area contributed by atoms with Crippen LogP contribution in [0.25, 0.3) is 11.2 Å². The lowest BCUT2D eigenvalue weighted by Gasteiger charge is -2.33. The van der Waals surface area contributed by atoms with Crippen LogP contribution in [0.3, 0.4) is 0 Å². The van der Waals surface area contributed by atoms with E-state index in [2.05, 4.69) is 37.8 Å². The standard InChI is InChI=1S/C21H27N5O2/c1-5-6-11-24-19(27)17-18(23(4)21(24)28)22-20-25(12-14(2)13-26(17)20)16-10-8-7-9-15(16)3/h7-10,14H,5-6,11-13H2,1-4H3/t14-/m0/s1. The Morgan fingerprint density at radius 2 is 1.93 bits per heavy atom. The summed E-state index contributed by atoms with van der Waals surface area (Å²) in [6.45, 7) is 8.29. The maximum Gasteiger partial charge on any atom is 0.332 e. The molecule has 3 heterocycles. The Labute approximate surface area is 163 Å². The highest BCUT2D eigenvalue weighted by Crippen LogP contribution is 2.34. The monoisotopic (exact) mass is 381 g/mol. The number of rotatable bonds is 4. The molecule has 0 radical (unpaired) electrons. The van der Waals surface area contributed by atoms with Crippen LogP contribution < -0.4 is 16.1 Å². The molecule has 0 bridgehead atoms. The minimum Gasteiger partial charge on any atom is -0.311 e. The van der Waals surface area contributed by atoms with Crippen LogP contribution in [-0.4, -0.2) is 25.2 Å². The van der Waals surface area contributed by atoms with Gasteiger partial charge in [-0.1, -0.05) is 38.5 Å². The topological polar surface area (TPSA) is 65.1 Å². The van der Waals surface area contributed by atoms with E-state index in [-0.39, 0.29) is 11.2 Å². The molecule has 0 saturated carbocycles. The van der Waals surface area contributed by atoms with Gasteiger partial charge in [0.25, 0.3) is 5.56 Å². The smallest absolute Gasteiger partial charge is 0.311 e. The summed E-state index contributed by atoms with van der Waals surface area (Å²) in [4.78, 5) is 32.9. The van der Waals surface area contributed by atoms with E-state index < -0.39 is 0 Å². The Balaban J connectivity index is 2.00. The number of nitrogens with zero attached hydrogens (tertiary/aromatic N) is 5. The van der Waals surface area contributed by atoms with Crippen molar-refractivity contribution in [3.05, 3.63) is 50.7 Å². The molecule has 2 aromatic heterocycles. The van der Waals surface area contributed by atoms with Crippen molar-refractivity contribution in [1.82, 2.24) is 18.7 Å². The molecule has 1 aliphatic heterocycles. The van der Waals surface area contributed by atoms with Crippen molar-refractivity contribution < 1.29 is 0 Å². The Hall–Kier alpha value is -2.83. The van der Waals surface area contributed by atoms with Crippen LogP contribution in [0.1, 0.15) is 32.3 Å². The zero-order chi connectivity index (χ0) is 20.0. The molecule has 0 unspecified atom stereocenters. The van der Waals surface area contributed by atoms with Gasteiger partial charge >= 0.3 is 5.69 Å². The van der Waals surface area contributed by atoms with Crippen molar-refractivity contribution in [2.24, 2.45) is 13.0 Å². The van der Waals surface area contributed by atoms with E-state index in [9.17, 15) is 9.59 Å². The third-order valence-electron chi connectivity index (χ3n) is 5.58. The zero-order valence-corrected chi connectivity index (χ0v) is 17.0. The summed E-state index contributed by atoms with van der Waals surface area (Å²) < 4.78 is 4.87. The van der Waals surface area contributed by atoms with Crippen LogP contribution >= 0.6 is 0 Å². The molecule has 1 aliphatic rings. The SMILES string of the molecule is CCCCn1c(=O)c2c(nc3n2C[C@@H](C)CN3c2ccccc2C)n(C)c1=O. The van der Waals surface area contributed by atoms with Crippen LogP contribution in [0.4, 0.5) is 11.6 Å². The van der Waals surface area contributed by atoms with E-state index in [1.165, 1.54) is 9.13 Å². The number of unbranched alkanes of at least 4 members (excludes halogenated alkanes) is 1. The summed E-state index contributed by atoms with van der Waals surface area (Å²) in [6.07, 6.45) is 1.73. The first-order valence-corrected chi connectivity index (χ1v) is 9.97. The van der Waals surface area contributed by atoms with Gasteiger partial charge in [0.1, 0.15) is 0 Å². The first-order chi connectivity index (χ1) is 13.4. The second-order valence-corrected chi connectivity index (χ2v) is 7.85. The lowest BCUT2D eigenvalue weighted by Crippen LogP contribution is -2.40. The predicted octanol–water partition coefficient (Wildman–Crippen LogP) is 2.79. The largest absolute Gasteiger partial charge is 0.332 e. The maximum atomic E-state index is 13.2.